The van der Waals surface area contributed by atoms with E-state index in [1.165, 1.54) is 11.0 Å². The molecule has 3 aromatic rings. The Labute approximate surface area is 138 Å². The molecule has 0 radical (unpaired) electrons. The fraction of sp³-hybridized carbons (Fsp3) is 0.250. The second kappa shape index (κ2) is 6.95. The van der Waals surface area contributed by atoms with Crippen molar-refractivity contribution in [2.24, 2.45) is 0 Å². The van der Waals surface area contributed by atoms with Crippen LogP contribution in [0, 0.1) is 0 Å². The van der Waals surface area contributed by atoms with Gasteiger partial charge in [0, 0.05) is 24.2 Å². The van der Waals surface area contributed by atoms with E-state index in [0.29, 0.717) is 30.1 Å². The molecule has 0 aliphatic carbocycles. The highest BCUT2D eigenvalue weighted by Gasteiger charge is 2.18. The zero-order valence-electron chi connectivity index (χ0n) is 13.4. The molecule has 0 aliphatic rings. The molecule has 3 rings (SSSR count). The van der Waals surface area contributed by atoms with Crippen LogP contribution in [0.3, 0.4) is 0 Å². The van der Waals surface area contributed by atoms with E-state index in [2.05, 4.69) is 15.5 Å². The summed E-state index contributed by atoms with van der Waals surface area (Å²) in [7, 11) is 1.56. The van der Waals surface area contributed by atoms with Gasteiger partial charge in [-0.05, 0) is 41.6 Å². The lowest BCUT2D eigenvalue weighted by Crippen LogP contribution is -2.30. The zero-order chi connectivity index (χ0) is 16.9. The van der Waals surface area contributed by atoms with Crippen LogP contribution in [0.25, 0.3) is 5.69 Å². The molecule has 0 aliphatic heterocycles. The maximum atomic E-state index is 12.8. The van der Waals surface area contributed by atoms with E-state index in [-0.39, 0.29) is 5.91 Å². The van der Waals surface area contributed by atoms with Gasteiger partial charge in [0.2, 0.25) is 0 Å². The maximum absolute atomic E-state index is 12.8. The summed E-state index contributed by atoms with van der Waals surface area (Å²) < 4.78 is 11.8. The van der Waals surface area contributed by atoms with E-state index >= 15 is 0 Å². The van der Waals surface area contributed by atoms with Gasteiger partial charge >= 0.3 is 0 Å². The van der Waals surface area contributed by atoms with Gasteiger partial charge in [-0.25, -0.2) is 0 Å². The Hall–Kier alpha value is -3.16. The summed E-state index contributed by atoms with van der Waals surface area (Å²) in [5.41, 5.74) is 2.08. The van der Waals surface area contributed by atoms with E-state index in [9.17, 15) is 4.79 Å². The van der Waals surface area contributed by atoms with Gasteiger partial charge < -0.3 is 14.1 Å². The van der Waals surface area contributed by atoms with Crippen molar-refractivity contribution < 1.29 is 13.9 Å². The van der Waals surface area contributed by atoms with Gasteiger partial charge in [0.1, 0.15) is 17.8 Å². The fourth-order valence-electron chi connectivity index (χ4n) is 2.39. The van der Waals surface area contributed by atoms with Gasteiger partial charge in [-0.15, -0.1) is 5.10 Å². The molecule has 0 N–H and O–H groups in total. The number of benzene rings is 1. The van der Waals surface area contributed by atoms with E-state index in [1.807, 2.05) is 13.0 Å². The Kier molecular flexibility index (Phi) is 4.55. The van der Waals surface area contributed by atoms with Crippen molar-refractivity contribution in [1.82, 2.24) is 25.1 Å². The van der Waals surface area contributed by atoms with Crippen LogP contribution in [0.1, 0.15) is 22.8 Å². The van der Waals surface area contributed by atoms with Crippen LogP contribution in [-0.4, -0.2) is 44.7 Å². The van der Waals surface area contributed by atoms with Crippen molar-refractivity contribution in [3.05, 3.63) is 54.2 Å². The molecule has 124 valence electrons. The third-order valence-corrected chi connectivity index (χ3v) is 3.64. The van der Waals surface area contributed by atoms with Crippen LogP contribution >= 0.6 is 0 Å². The lowest BCUT2D eigenvalue weighted by molar-refractivity contribution is 0.0752. The highest BCUT2D eigenvalue weighted by molar-refractivity contribution is 5.95. The highest BCUT2D eigenvalue weighted by atomic mass is 16.5. The predicted octanol–water partition coefficient (Wildman–Crippen LogP) is 1.93. The highest BCUT2D eigenvalue weighted by Crippen LogP contribution is 2.24. The van der Waals surface area contributed by atoms with Crippen molar-refractivity contribution in [3.63, 3.8) is 0 Å². The van der Waals surface area contributed by atoms with Crippen LogP contribution < -0.4 is 4.74 Å². The van der Waals surface area contributed by atoms with Crippen molar-refractivity contribution in [3.8, 4) is 11.4 Å². The number of ether oxygens (including phenoxy) is 1. The molecule has 1 amide bonds. The molecule has 0 fully saturated rings. The van der Waals surface area contributed by atoms with Gasteiger partial charge in [-0.3, -0.25) is 4.79 Å². The summed E-state index contributed by atoms with van der Waals surface area (Å²) in [6, 6.07) is 7.02. The number of carbonyl (C=O) groups excluding carboxylic acids is 1. The van der Waals surface area contributed by atoms with Gasteiger partial charge in [-0.1, -0.05) is 0 Å². The largest absolute Gasteiger partial charge is 0.494 e. The summed E-state index contributed by atoms with van der Waals surface area (Å²) in [6.45, 7) is 3.00. The number of furan rings is 1. The molecule has 1 aromatic carbocycles. The molecule has 0 saturated heterocycles. The molecule has 0 saturated carbocycles. The quantitative estimate of drug-likeness (QED) is 0.687. The Balaban J connectivity index is 1.90. The lowest BCUT2D eigenvalue weighted by Gasteiger charge is -2.21. The molecule has 2 heterocycles. The van der Waals surface area contributed by atoms with E-state index in [1.54, 1.807) is 42.7 Å². The first-order chi connectivity index (χ1) is 11.7. The van der Waals surface area contributed by atoms with Crippen LogP contribution in [0.4, 0.5) is 0 Å². The van der Waals surface area contributed by atoms with Crippen molar-refractivity contribution in [2.75, 3.05) is 13.7 Å². The van der Waals surface area contributed by atoms with Crippen molar-refractivity contribution >= 4 is 5.91 Å². The first-order valence-corrected chi connectivity index (χ1v) is 7.44. The molecule has 8 heteroatoms. The molecule has 0 atom stereocenters. The van der Waals surface area contributed by atoms with E-state index in [0.717, 1.165) is 5.56 Å². The second-order valence-electron chi connectivity index (χ2n) is 5.09. The normalized spacial score (nSPS) is 10.6. The Morgan fingerprint density at radius 3 is 2.88 bits per heavy atom. The Morgan fingerprint density at radius 2 is 2.25 bits per heavy atom. The summed E-state index contributed by atoms with van der Waals surface area (Å²) in [5.74, 6) is 0.493. The van der Waals surface area contributed by atoms with Crippen molar-refractivity contribution in [1.29, 1.82) is 0 Å². The van der Waals surface area contributed by atoms with E-state index < -0.39 is 0 Å². The number of amides is 1. The monoisotopic (exact) mass is 327 g/mol. The smallest absolute Gasteiger partial charge is 0.254 e. The standard InChI is InChI=1S/C16H17N5O3/c1-3-20(9-12-6-7-24-10-12)16(22)13-4-5-15(23-2)14(8-13)21-11-17-18-19-21/h4-8,10-11H,3,9H2,1-2H3. The van der Waals surface area contributed by atoms with Gasteiger partial charge in [0.15, 0.2) is 0 Å². The number of aromatic nitrogens is 4. The number of carbonyl (C=O) groups is 1. The Morgan fingerprint density at radius 1 is 1.38 bits per heavy atom. The molecule has 24 heavy (non-hydrogen) atoms. The number of hydrogen-bond acceptors (Lipinski definition) is 6. The maximum Gasteiger partial charge on any atom is 0.254 e. The topological polar surface area (TPSA) is 86.3 Å². The fourth-order valence-corrected chi connectivity index (χ4v) is 2.39. The van der Waals surface area contributed by atoms with Crippen LogP contribution in [0.5, 0.6) is 5.75 Å². The van der Waals surface area contributed by atoms with Crippen LogP contribution in [-0.2, 0) is 6.54 Å². The number of rotatable bonds is 6. The summed E-state index contributed by atoms with van der Waals surface area (Å²) in [5, 5.41) is 11.1. The molecule has 0 bridgehead atoms. The van der Waals surface area contributed by atoms with E-state index in [4.69, 9.17) is 9.15 Å². The van der Waals surface area contributed by atoms with Crippen LogP contribution in [0.2, 0.25) is 0 Å². The first-order valence-electron chi connectivity index (χ1n) is 7.44. The predicted molar refractivity (Wildman–Crippen MR) is 84.8 cm³/mol. The first kappa shape index (κ1) is 15.7. The van der Waals surface area contributed by atoms with Gasteiger partial charge in [0.25, 0.3) is 5.91 Å². The lowest BCUT2D eigenvalue weighted by atomic mass is 10.1. The average Bonchev–Trinajstić information content (AvgIpc) is 3.32. The number of tetrazole rings is 1. The minimum Gasteiger partial charge on any atom is -0.494 e. The number of nitrogens with zero attached hydrogens (tertiary/aromatic N) is 5. The minimum atomic E-state index is -0.0873. The molecule has 0 unspecified atom stereocenters. The third kappa shape index (κ3) is 3.12. The second-order valence-corrected chi connectivity index (χ2v) is 5.09. The Bertz CT molecular complexity index is 799. The zero-order valence-corrected chi connectivity index (χ0v) is 13.4. The van der Waals surface area contributed by atoms with Gasteiger partial charge in [0.05, 0.1) is 19.6 Å². The SMILES string of the molecule is CCN(Cc1ccoc1)C(=O)c1ccc(OC)c(-n2cnnn2)c1. The summed E-state index contributed by atoms with van der Waals surface area (Å²) in [4.78, 5) is 14.5. The number of hydrogen-bond donors (Lipinski definition) is 0. The minimum absolute atomic E-state index is 0.0873. The molecule has 0 spiro atoms. The van der Waals surface area contributed by atoms with Crippen LogP contribution in [0.15, 0.2) is 47.5 Å². The molecule has 2 aromatic heterocycles. The summed E-state index contributed by atoms with van der Waals surface area (Å²) >= 11 is 0. The number of methoxy groups -OCH3 is 1. The summed E-state index contributed by atoms with van der Waals surface area (Å²) in [6.07, 6.45) is 4.68. The molecular weight excluding hydrogens is 310 g/mol. The molecule has 8 nitrogen and oxygen atoms in total. The third-order valence-electron chi connectivity index (χ3n) is 3.64. The molecular formula is C16H17N5O3. The average molecular weight is 327 g/mol. The van der Waals surface area contributed by atoms with Crippen molar-refractivity contribution in [2.45, 2.75) is 13.5 Å². The van der Waals surface area contributed by atoms with Gasteiger partial charge in [-0.2, -0.15) is 4.68 Å².